The van der Waals surface area contributed by atoms with Gasteiger partial charge in [-0.2, -0.15) is 0 Å². The fourth-order valence-corrected chi connectivity index (χ4v) is 10.5. The predicted molar refractivity (Wildman–Crippen MR) is 159 cm³/mol. The Bertz CT molecular complexity index is 579. The molecule has 0 heteroatoms. The lowest BCUT2D eigenvalue weighted by molar-refractivity contribution is 0.00254. The van der Waals surface area contributed by atoms with Crippen LogP contribution in [0.25, 0.3) is 0 Å². The molecule has 0 nitrogen and oxygen atoms in total. The van der Waals surface area contributed by atoms with Gasteiger partial charge in [-0.25, -0.2) is 0 Å². The lowest BCUT2D eigenvalue weighted by Gasteiger charge is -2.49. The van der Waals surface area contributed by atoms with E-state index < -0.39 is 0 Å². The largest absolute Gasteiger partial charge is 0.0654 e. The van der Waals surface area contributed by atoms with Crippen molar-refractivity contribution in [3.8, 4) is 0 Å². The van der Waals surface area contributed by atoms with E-state index in [0.717, 1.165) is 59.2 Å². The van der Waals surface area contributed by atoms with Crippen LogP contribution >= 0.6 is 0 Å². The Kier molecular flexibility index (Phi) is 12.1. The summed E-state index contributed by atoms with van der Waals surface area (Å²) >= 11 is 0. The first-order chi connectivity index (χ1) is 17.6. The van der Waals surface area contributed by atoms with E-state index in [1.165, 1.54) is 57.8 Å². The molecule has 0 bridgehead atoms. The Morgan fingerprint density at radius 2 is 1.19 bits per heavy atom. The molecule has 0 heterocycles. The van der Waals surface area contributed by atoms with Gasteiger partial charge in [0.2, 0.25) is 0 Å². The summed E-state index contributed by atoms with van der Waals surface area (Å²) in [6.07, 6.45) is 33.6. The van der Waals surface area contributed by atoms with Crippen molar-refractivity contribution < 1.29 is 0 Å². The number of fused-ring (bicyclic) bond motifs is 1. The van der Waals surface area contributed by atoms with E-state index in [1.54, 1.807) is 83.5 Å². The molecule has 0 N–H and O–H groups in total. The first-order valence-corrected chi connectivity index (χ1v) is 17.6. The van der Waals surface area contributed by atoms with E-state index in [1.807, 2.05) is 0 Å². The maximum absolute atomic E-state index is 2.60. The van der Waals surface area contributed by atoms with E-state index in [4.69, 9.17) is 0 Å². The standard InChI is InChI=1S/C20H36.C16H30/c1-3-4-12-18-15(2)14-17-11-8-13-19(17)20(18)16-9-6-5-7-10-16;1-3-4-5-14-7-10-15(11-8-14)16-9-6-13(2)12-16/h15-20H,3-14H2,1-2H3;13-16H,3-12H2,1-2H3. The Balaban J connectivity index is 0.000000174. The van der Waals surface area contributed by atoms with Crippen molar-refractivity contribution in [3.05, 3.63) is 0 Å². The molecule has 210 valence electrons. The minimum Gasteiger partial charge on any atom is -0.0654 e. The molecule has 0 spiro atoms. The summed E-state index contributed by atoms with van der Waals surface area (Å²) < 4.78 is 0. The van der Waals surface area contributed by atoms with Gasteiger partial charge < -0.3 is 0 Å². The van der Waals surface area contributed by atoms with Gasteiger partial charge in [-0.1, -0.05) is 124 Å². The maximum atomic E-state index is 2.60. The summed E-state index contributed by atoms with van der Waals surface area (Å²) in [6.45, 7) is 9.75. The molecule has 0 aromatic carbocycles. The fraction of sp³-hybridized carbons (Fsp3) is 1.00. The number of hydrogen-bond donors (Lipinski definition) is 0. The molecule has 5 aliphatic carbocycles. The molecule has 0 radical (unpaired) electrons. The average molecular weight is 499 g/mol. The van der Waals surface area contributed by atoms with Crippen molar-refractivity contribution in [1.29, 1.82) is 0 Å². The molecule has 5 rings (SSSR count). The second-order valence-corrected chi connectivity index (χ2v) is 15.0. The molecular weight excluding hydrogens is 432 g/mol. The van der Waals surface area contributed by atoms with Gasteiger partial charge in [-0.3, -0.25) is 0 Å². The van der Waals surface area contributed by atoms with Crippen LogP contribution in [0, 0.1) is 59.2 Å². The molecular formula is C36H66. The second-order valence-electron chi connectivity index (χ2n) is 15.0. The minimum atomic E-state index is 1.02. The number of hydrogen-bond acceptors (Lipinski definition) is 0. The summed E-state index contributed by atoms with van der Waals surface area (Å²) in [5.74, 6) is 10.9. The molecule has 5 aliphatic rings. The average Bonchev–Trinajstić information content (AvgIpc) is 3.56. The van der Waals surface area contributed by atoms with E-state index in [-0.39, 0.29) is 0 Å². The van der Waals surface area contributed by atoms with Crippen LogP contribution in [0.2, 0.25) is 0 Å². The zero-order valence-electron chi connectivity index (χ0n) is 25.3. The minimum absolute atomic E-state index is 1.02. The highest BCUT2D eigenvalue weighted by atomic mass is 14.5. The van der Waals surface area contributed by atoms with E-state index >= 15 is 0 Å². The molecule has 0 amide bonds. The summed E-state index contributed by atoms with van der Waals surface area (Å²) in [4.78, 5) is 0. The number of unbranched alkanes of at least 4 members (excludes halogenated alkanes) is 2. The zero-order valence-corrected chi connectivity index (χ0v) is 25.3. The summed E-state index contributed by atoms with van der Waals surface area (Å²) in [6, 6.07) is 0. The predicted octanol–water partition coefficient (Wildman–Crippen LogP) is 11.9. The van der Waals surface area contributed by atoms with E-state index in [9.17, 15) is 0 Å². The van der Waals surface area contributed by atoms with Gasteiger partial charge in [0.1, 0.15) is 0 Å². The Labute approximate surface area is 227 Å². The van der Waals surface area contributed by atoms with Crippen molar-refractivity contribution in [3.63, 3.8) is 0 Å². The topological polar surface area (TPSA) is 0 Å². The normalized spacial score (nSPS) is 41.5. The third-order valence-electron chi connectivity index (χ3n) is 12.5. The van der Waals surface area contributed by atoms with Crippen LogP contribution in [0.1, 0.15) is 169 Å². The van der Waals surface area contributed by atoms with Crippen LogP contribution in [-0.2, 0) is 0 Å². The third kappa shape index (κ3) is 7.78. The fourth-order valence-electron chi connectivity index (χ4n) is 10.5. The summed E-state index contributed by atoms with van der Waals surface area (Å²) in [5, 5.41) is 0. The van der Waals surface area contributed by atoms with Crippen LogP contribution < -0.4 is 0 Å². The van der Waals surface area contributed by atoms with Gasteiger partial charge in [-0.15, -0.1) is 0 Å². The molecule has 0 aliphatic heterocycles. The molecule has 0 aromatic heterocycles. The maximum Gasteiger partial charge on any atom is -0.0324 e. The van der Waals surface area contributed by atoms with Gasteiger partial charge in [0, 0.05) is 0 Å². The third-order valence-corrected chi connectivity index (χ3v) is 12.5. The molecule has 7 atom stereocenters. The van der Waals surface area contributed by atoms with Crippen LogP contribution in [0.4, 0.5) is 0 Å². The van der Waals surface area contributed by atoms with Crippen molar-refractivity contribution in [1.82, 2.24) is 0 Å². The van der Waals surface area contributed by atoms with Gasteiger partial charge in [0.05, 0.1) is 0 Å². The van der Waals surface area contributed by atoms with Crippen LogP contribution in [0.3, 0.4) is 0 Å². The van der Waals surface area contributed by atoms with Gasteiger partial charge in [0.25, 0.3) is 0 Å². The van der Waals surface area contributed by atoms with Crippen molar-refractivity contribution in [2.45, 2.75) is 169 Å². The Hall–Kier alpha value is 0. The highest BCUT2D eigenvalue weighted by Crippen LogP contribution is 2.55. The van der Waals surface area contributed by atoms with E-state index in [0.29, 0.717) is 0 Å². The Morgan fingerprint density at radius 3 is 1.86 bits per heavy atom. The SMILES string of the molecule is CCCCC1C(C)CC2CCCC2C1C1CCCCC1.CCCCC1CCC(C2CCC(C)C2)CC1. The molecule has 36 heavy (non-hydrogen) atoms. The highest BCUT2D eigenvalue weighted by molar-refractivity contribution is 4.96. The molecule has 5 saturated carbocycles. The summed E-state index contributed by atoms with van der Waals surface area (Å²) in [7, 11) is 0. The van der Waals surface area contributed by atoms with Gasteiger partial charge in [-0.05, 0) is 104 Å². The van der Waals surface area contributed by atoms with Crippen LogP contribution in [-0.4, -0.2) is 0 Å². The van der Waals surface area contributed by atoms with Gasteiger partial charge >= 0.3 is 0 Å². The Morgan fingerprint density at radius 1 is 0.528 bits per heavy atom. The first-order valence-electron chi connectivity index (χ1n) is 17.6. The lowest BCUT2D eigenvalue weighted by Crippen LogP contribution is -2.41. The first kappa shape index (κ1) is 29.0. The molecule has 0 aromatic rings. The second kappa shape index (κ2) is 15.0. The highest BCUT2D eigenvalue weighted by Gasteiger charge is 2.47. The van der Waals surface area contributed by atoms with E-state index in [2.05, 4.69) is 27.7 Å². The van der Waals surface area contributed by atoms with Gasteiger partial charge in [0.15, 0.2) is 0 Å². The van der Waals surface area contributed by atoms with Crippen LogP contribution in [0.15, 0.2) is 0 Å². The van der Waals surface area contributed by atoms with Crippen molar-refractivity contribution in [2.75, 3.05) is 0 Å². The number of rotatable bonds is 8. The smallest absolute Gasteiger partial charge is 0.0324 e. The molecule has 5 fully saturated rings. The summed E-state index contributed by atoms with van der Waals surface area (Å²) in [5.41, 5.74) is 0. The van der Waals surface area contributed by atoms with Crippen molar-refractivity contribution in [2.24, 2.45) is 59.2 Å². The quantitative estimate of drug-likeness (QED) is 0.312. The molecule has 0 saturated heterocycles. The van der Waals surface area contributed by atoms with Crippen molar-refractivity contribution >= 4 is 0 Å². The monoisotopic (exact) mass is 499 g/mol. The molecule has 7 unspecified atom stereocenters. The lowest BCUT2D eigenvalue weighted by atomic mass is 9.56. The zero-order chi connectivity index (χ0) is 25.3. The van der Waals surface area contributed by atoms with Crippen LogP contribution in [0.5, 0.6) is 0 Å².